The third kappa shape index (κ3) is 3.27. The second kappa shape index (κ2) is 5.91. The maximum Gasteiger partial charge on any atom is 0.405 e. The minimum atomic E-state index is -4.34. The Hall–Kier alpha value is -1.56. The molecule has 0 aliphatic carbocycles. The van der Waals surface area contributed by atoms with Crippen molar-refractivity contribution in [1.82, 2.24) is 9.80 Å². The Morgan fingerprint density at radius 1 is 1.18 bits per heavy atom. The summed E-state index contributed by atoms with van der Waals surface area (Å²) in [6.07, 6.45) is -4.34. The lowest BCUT2D eigenvalue weighted by molar-refractivity contribution is -0.197. The number of benzene rings is 1. The Morgan fingerprint density at radius 2 is 1.82 bits per heavy atom. The largest absolute Gasteiger partial charge is 0.405 e. The highest BCUT2D eigenvalue weighted by Crippen LogP contribution is 2.29. The number of halogens is 3. The first-order valence-corrected chi connectivity index (χ1v) is 7.26. The molecule has 0 radical (unpaired) electrons. The predicted molar refractivity (Wildman–Crippen MR) is 78.9 cm³/mol. The molecule has 1 aliphatic rings. The monoisotopic (exact) mass is 314 g/mol. The highest BCUT2D eigenvalue weighted by molar-refractivity contribution is 5.94. The van der Waals surface area contributed by atoms with E-state index in [1.807, 2.05) is 19.9 Å². The van der Waals surface area contributed by atoms with Crippen molar-refractivity contribution in [2.75, 3.05) is 20.1 Å². The lowest BCUT2D eigenvalue weighted by Crippen LogP contribution is -2.62. The minimum Gasteiger partial charge on any atom is -0.335 e. The molecule has 1 heterocycles. The Balaban J connectivity index is 2.24. The van der Waals surface area contributed by atoms with E-state index >= 15 is 0 Å². The molecule has 1 aromatic carbocycles. The van der Waals surface area contributed by atoms with E-state index in [1.165, 1.54) is 16.8 Å². The molecule has 0 N–H and O–H groups in total. The molecule has 0 spiro atoms. The number of alkyl halides is 3. The zero-order chi connectivity index (χ0) is 16.7. The number of piperazine rings is 1. The van der Waals surface area contributed by atoms with Crippen molar-refractivity contribution in [2.45, 2.75) is 39.0 Å². The number of hydrogen-bond acceptors (Lipinski definition) is 2. The summed E-state index contributed by atoms with van der Waals surface area (Å²) < 4.78 is 39.4. The smallest absolute Gasteiger partial charge is 0.335 e. The van der Waals surface area contributed by atoms with Gasteiger partial charge in [-0.15, -0.1) is 0 Å². The Bertz CT molecular complexity index is 571. The summed E-state index contributed by atoms with van der Waals surface area (Å²) in [4.78, 5) is 15.1. The van der Waals surface area contributed by atoms with Crippen molar-refractivity contribution in [3.8, 4) is 0 Å². The van der Waals surface area contributed by atoms with E-state index in [4.69, 9.17) is 0 Å². The van der Waals surface area contributed by atoms with Crippen LogP contribution in [0.25, 0.3) is 0 Å². The molecule has 1 fully saturated rings. The quantitative estimate of drug-likeness (QED) is 0.795. The summed E-state index contributed by atoms with van der Waals surface area (Å²) in [7, 11) is 1.46. The molecule has 2 rings (SSSR count). The van der Waals surface area contributed by atoms with Crippen LogP contribution in [0, 0.1) is 13.8 Å². The molecule has 0 bridgehead atoms. The van der Waals surface area contributed by atoms with Crippen LogP contribution in [0.2, 0.25) is 0 Å². The zero-order valence-corrected chi connectivity index (χ0v) is 13.2. The Labute approximate surface area is 128 Å². The van der Waals surface area contributed by atoms with Crippen LogP contribution in [0.1, 0.15) is 28.4 Å². The standard InChI is InChI=1S/C16H21F3N2O/c1-10-5-6-13(7-11(10)2)15(22)21-8-12(3)20(4)14(9-21)16(17,18)19/h5-7,12,14H,8-9H2,1-4H3. The van der Waals surface area contributed by atoms with E-state index in [0.717, 1.165) is 11.1 Å². The fraction of sp³-hybridized carbons (Fsp3) is 0.562. The van der Waals surface area contributed by atoms with Crippen LogP contribution in [-0.2, 0) is 0 Å². The first kappa shape index (κ1) is 16.8. The molecule has 3 nitrogen and oxygen atoms in total. The van der Waals surface area contributed by atoms with Gasteiger partial charge in [0.1, 0.15) is 6.04 Å². The van der Waals surface area contributed by atoms with Gasteiger partial charge in [-0.3, -0.25) is 9.69 Å². The lowest BCUT2D eigenvalue weighted by atomic mass is 10.0. The van der Waals surface area contributed by atoms with Crippen molar-refractivity contribution < 1.29 is 18.0 Å². The number of nitrogens with zero attached hydrogens (tertiary/aromatic N) is 2. The Kier molecular flexibility index (Phi) is 4.52. The number of rotatable bonds is 1. The second-order valence-electron chi connectivity index (χ2n) is 6.08. The van der Waals surface area contributed by atoms with Gasteiger partial charge in [-0.05, 0) is 51.1 Å². The number of hydrogen-bond donors (Lipinski definition) is 0. The predicted octanol–water partition coefficient (Wildman–Crippen LogP) is 3.01. The van der Waals surface area contributed by atoms with E-state index in [0.29, 0.717) is 12.1 Å². The van der Waals surface area contributed by atoms with Gasteiger partial charge >= 0.3 is 6.18 Å². The topological polar surface area (TPSA) is 23.6 Å². The van der Waals surface area contributed by atoms with Crippen molar-refractivity contribution >= 4 is 5.91 Å². The molecule has 1 saturated heterocycles. The third-order valence-electron chi connectivity index (χ3n) is 4.48. The van der Waals surface area contributed by atoms with Gasteiger partial charge in [0.15, 0.2) is 0 Å². The van der Waals surface area contributed by atoms with Crippen LogP contribution < -0.4 is 0 Å². The van der Waals surface area contributed by atoms with Gasteiger partial charge in [0.25, 0.3) is 5.91 Å². The fourth-order valence-electron chi connectivity index (χ4n) is 2.72. The third-order valence-corrected chi connectivity index (χ3v) is 4.48. The average Bonchev–Trinajstić information content (AvgIpc) is 2.42. The van der Waals surface area contributed by atoms with Crippen molar-refractivity contribution in [3.63, 3.8) is 0 Å². The summed E-state index contributed by atoms with van der Waals surface area (Å²) in [5, 5.41) is 0. The van der Waals surface area contributed by atoms with E-state index < -0.39 is 12.2 Å². The molecule has 2 unspecified atom stereocenters. The number of likely N-dealkylation sites (N-methyl/N-ethyl adjacent to an activating group) is 1. The normalized spacial score (nSPS) is 23.7. The van der Waals surface area contributed by atoms with Gasteiger partial charge in [-0.25, -0.2) is 0 Å². The number of carbonyl (C=O) groups is 1. The van der Waals surface area contributed by atoms with E-state index in [-0.39, 0.29) is 18.5 Å². The molecule has 0 aromatic heterocycles. The highest BCUT2D eigenvalue weighted by atomic mass is 19.4. The summed E-state index contributed by atoms with van der Waals surface area (Å²) in [5.74, 6) is -0.336. The van der Waals surface area contributed by atoms with Gasteiger partial charge in [-0.1, -0.05) is 6.07 Å². The lowest BCUT2D eigenvalue weighted by Gasteiger charge is -2.44. The summed E-state index contributed by atoms with van der Waals surface area (Å²) in [6.45, 7) is 5.50. The van der Waals surface area contributed by atoms with E-state index in [1.54, 1.807) is 19.1 Å². The second-order valence-corrected chi connectivity index (χ2v) is 6.08. The maximum atomic E-state index is 13.1. The molecule has 22 heavy (non-hydrogen) atoms. The van der Waals surface area contributed by atoms with Crippen LogP contribution in [0.5, 0.6) is 0 Å². The van der Waals surface area contributed by atoms with E-state index in [2.05, 4.69) is 0 Å². The molecule has 122 valence electrons. The molecular weight excluding hydrogens is 293 g/mol. The van der Waals surface area contributed by atoms with Crippen LogP contribution in [-0.4, -0.2) is 54.1 Å². The zero-order valence-electron chi connectivity index (χ0n) is 13.2. The molecule has 6 heteroatoms. The number of carbonyl (C=O) groups excluding carboxylic acids is 1. The van der Waals surface area contributed by atoms with Crippen molar-refractivity contribution in [1.29, 1.82) is 0 Å². The first-order chi connectivity index (χ1) is 10.1. The summed E-state index contributed by atoms with van der Waals surface area (Å²) in [6, 6.07) is 3.28. The Morgan fingerprint density at radius 3 is 2.36 bits per heavy atom. The van der Waals surface area contributed by atoms with Gasteiger partial charge in [0, 0.05) is 24.7 Å². The van der Waals surface area contributed by atoms with Crippen LogP contribution in [0.15, 0.2) is 18.2 Å². The minimum absolute atomic E-state index is 0.300. The number of amides is 1. The molecular formula is C16H21F3N2O. The SMILES string of the molecule is Cc1ccc(C(=O)N2CC(C)N(C)C(C(F)(F)F)C2)cc1C. The molecule has 1 aliphatic heterocycles. The van der Waals surface area contributed by atoms with Gasteiger partial charge < -0.3 is 4.90 Å². The highest BCUT2D eigenvalue weighted by Gasteiger charge is 2.47. The molecule has 1 aromatic rings. The van der Waals surface area contributed by atoms with Crippen molar-refractivity contribution in [2.24, 2.45) is 0 Å². The van der Waals surface area contributed by atoms with Gasteiger partial charge in [-0.2, -0.15) is 13.2 Å². The van der Waals surface area contributed by atoms with Gasteiger partial charge in [0.2, 0.25) is 0 Å². The molecule has 1 amide bonds. The van der Waals surface area contributed by atoms with Crippen molar-refractivity contribution in [3.05, 3.63) is 34.9 Å². The fourth-order valence-corrected chi connectivity index (χ4v) is 2.72. The summed E-state index contributed by atoms with van der Waals surface area (Å²) >= 11 is 0. The molecule has 0 saturated carbocycles. The van der Waals surface area contributed by atoms with E-state index in [9.17, 15) is 18.0 Å². The maximum absolute atomic E-state index is 13.1. The van der Waals surface area contributed by atoms with Crippen LogP contribution in [0.3, 0.4) is 0 Å². The number of aryl methyl sites for hydroxylation is 2. The first-order valence-electron chi connectivity index (χ1n) is 7.26. The van der Waals surface area contributed by atoms with Gasteiger partial charge in [0.05, 0.1) is 0 Å². The van der Waals surface area contributed by atoms with Crippen LogP contribution in [0.4, 0.5) is 13.2 Å². The van der Waals surface area contributed by atoms with Crippen LogP contribution >= 0.6 is 0 Å². The summed E-state index contributed by atoms with van der Waals surface area (Å²) in [5.41, 5.74) is 2.46. The average molecular weight is 314 g/mol. The molecule has 2 atom stereocenters.